The van der Waals surface area contributed by atoms with Crippen LogP contribution in [0.2, 0.25) is 0 Å². The van der Waals surface area contributed by atoms with Crippen molar-refractivity contribution in [2.24, 2.45) is 5.73 Å². The first-order valence-corrected chi connectivity index (χ1v) is 6.60. The second-order valence-electron chi connectivity index (χ2n) is 4.94. The van der Waals surface area contributed by atoms with Crippen molar-refractivity contribution >= 4 is 0 Å². The lowest BCUT2D eigenvalue weighted by molar-refractivity contribution is 0.122. The van der Waals surface area contributed by atoms with E-state index in [9.17, 15) is 0 Å². The highest BCUT2D eigenvalue weighted by Gasteiger charge is 2.15. The second kappa shape index (κ2) is 10.1. The fourth-order valence-electron chi connectivity index (χ4n) is 1.54. The van der Waals surface area contributed by atoms with E-state index >= 15 is 0 Å². The van der Waals surface area contributed by atoms with Crippen LogP contribution in [-0.4, -0.2) is 30.5 Å². The molecule has 0 saturated carbocycles. The van der Waals surface area contributed by atoms with E-state index in [2.05, 4.69) is 6.92 Å². The molecule has 0 fully saturated rings. The highest BCUT2D eigenvalue weighted by Crippen LogP contribution is 2.09. The Hall–Kier alpha value is -0.120. The van der Waals surface area contributed by atoms with Crippen molar-refractivity contribution in [1.29, 1.82) is 0 Å². The minimum absolute atomic E-state index is 0.0604. The summed E-state index contributed by atoms with van der Waals surface area (Å²) >= 11 is 0. The van der Waals surface area contributed by atoms with Crippen LogP contribution in [-0.2, 0) is 4.74 Å². The Morgan fingerprint density at radius 1 is 1.06 bits per heavy atom. The molecule has 0 aromatic rings. The lowest BCUT2D eigenvalue weighted by atomic mass is 9.97. The Morgan fingerprint density at radius 2 is 1.69 bits per heavy atom. The van der Waals surface area contributed by atoms with E-state index in [4.69, 9.17) is 15.6 Å². The molecule has 1 atom stereocenters. The third-order valence-electron chi connectivity index (χ3n) is 2.79. The van der Waals surface area contributed by atoms with Gasteiger partial charge in [-0.15, -0.1) is 0 Å². The molecule has 0 aliphatic rings. The van der Waals surface area contributed by atoms with Crippen LogP contribution in [0.4, 0.5) is 0 Å². The molecule has 1 unspecified atom stereocenters. The average Bonchev–Trinajstić information content (AvgIpc) is 2.27. The Bertz CT molecular complexity index is 149. The van der Waals surface area contributed by atoms with Crippen LogP contribution in [0.3, 0.4) is 0 Å². The van der Waals surface area contributed by atoms with Gasteiger partial charge in [0.25, 0.3) is 0 Å². The number of aliphatic hydroxyl groups excluding tert-OH is 1. The van der Waals surface area contributed by atoms with Crippen molar-refractivity contribution in [2.75, 3.05) is 19.8 Å². The molecule has 3 heteroatoms. The zero-order valence-electron chi connectivity index (χ0n) is 11.0. The number of nitrogens with two attached hydrogens (primary N) is 1. The first-order chi connectivity index (χ1) is 7.62. The summed E-state index contributed by atoms with van der Waals surface area (Å²) in [4.78, 5) is 0. The molecule has 98 valence electrons. The quantitative estimate of drug-likeness (QED) is 0.537. The molecule has 0 aliphatic heterocycles. The monoisotopic (exact) mass is 231 g/mol. The molecular formula is C13H29NO2. The lowest BCUT2D eigenvalue weighted by Gasteiger charge is -2.21. The number of ether oxygens (including phenoxy) is 1. The van der Waals surface area contributed by atoms with Crippen molar-refractivity contribution in [2.45, 2.75) is 64.3 Å². The summed E-state index contributed by atoms with van der Waals surface area (Å²) in [7, 11) is 0. The molecule has 0 spiro atoms. The topological polar surface area (TPSA) is 55.5 Å². The summed E-state index contributed by atoms with van der Waals surface area (Å²) in [5, 5.41) is 8.96. The van der Waals surface area contributed by atoms with Gasteiger partial charge in [-0.25, -0.2) is 0 Å². The van der Waals surface area contributed by atoms with Crippen molar-refractivity contribution < 1.29 is 9.84 Å². The van der Waals surface area contributed by atoms with Gasteiger partial charge in [0.1, 0.15) is 0 Å². The molecule has 0 heterocycles. The summed E-state index contributed by atoms with van der Waals surface area (Å²) in [6.45, 7) is 5.88. The number of hydrogen-bond donors (Lipinski definition) is 2. The standard InChI is InChI=1S/C13H29NO2/c1-3-4-5-7-10-16-11-8-6-9-13(2,14)12-15/h15H,3-12,14H2,1-2H3. The highest BCUT2D eigenvalue weighted by molar-refractivity contribution is 4.76. The van der Waals surface area contributed by atoms with Gasteiger partial charge in [-0.05, 0) is 32.6 Å². The molecule has 0 aliphatic carbocycles. The molecular weight excluding hydrogens is 202 g/mol. The van der Waals surface area contributed by atoms with Crippen LogP contribution >= 0.6 is 0 Å². The van der Waals surface area contributed by atoms with Crippen molar-refractivity contribution in [3.8, 4) is 0 Å². The van der Waals surface area contributed by atoms with Crippen LogP contribution in [0, 0.1) is 0 Å². The maximum absolute atomic E-state index is 8.96. The van der Waals surface area contributed by atoms with E-state index in [0.29, 0.717) is 0 Å². The fraction of sp³-hybridized carbons (Fsp3) is 1.00. The van der Waals surface area contributed by atoms with Gasteiger partial charge in [0.15, 0.2) is 0 Å². The average molecular weight is 231 g/mol. The molecule has 0 amide bonds. The lowest BCUT2D eigenvalue weighted by Crippen LogP contribution is -2.39. The molecule has 16 heavy (non-hydrogen) atoms. The zero-order chi connectivity index (χ0) is 12.3. The zero-order valence-corrected chi connectivity index (χ0v) is 11.0. The van der Waals surface area contributed by atoms with Gasteiger partial charge in [0.05, 0.1) is 6.61 Å². The fourth-order valence-corrected chi connectivity index (χ4v) is 1.54. The van der Waals surface area contributed by atoms with Gasteiger partial charge in [-0.2, -0.15) is 0 Å². The first kappa shape index (κ1) is 15.9. The Balaban J connectivity index is 3.10. The Kier molecular flexibility index (Phi) is 9.99. The van der Waals surface area contributed by atoms with E-state index in [1.54, 1.807) is 0 Å². The molecule has 0 rings (SSSR count). The van der Waals surface area contributed by atoms with Gasteiger partial charge in [0, 0.05) is 18.8 Å². The van der Waals surface area contributed by atoms with E-state index in [1.807, 2.05) is 6.92 Å². The van der Waals surface area contributed by atoms with Gasteiger partial charge in [-0.1, -0.05) is 26.2 Å². The van der Waals surface area contributed by atoms with Crippen molar-refractivity contribution in [3.63, 3.8) is 0 Å². The molecule has 0 saturated heterocycles. The molecule has 0 aromatic carbocycles. The van der Waals surface area contributed by atoms with Crippen LogP contribution in [0.25, 0.3) is 0 Å². The van der Waals surface area contributed by atoms with Crippen molar-refractivity contribution in [1.82, 2.24) is 0 Å². The number of rotatable bonds is 11. The minimum Gasteiger partial charge on any atom is -0.394 e. The largest absolute Gasteiger partial charge is 0.394 e. The van der Waals surface area contributed by atoms with Crippen LogP contribution < -0.4 is 5.73 Å². The molecule has 0 bridgehead atoms. The third kappa shape index (κ3) is 10.4. The SMILES string of the molecule is CCCCCCOCCCCC(C)(N)CO. The Labute approximate surface area is 100 Å². The first-order valence-electron chi connectivity index (χ1n) is 6.60. The maximum atomic E-state index is 8.96. The Morgan fingerprint density at radius 3 is 2.25 bits per heavy atom. The minimum atomic E-state index is -0.416. The van der Waals surface area contributed by atoms with Crippen molar-refractivity contribution in [3.05, 3.63) is 0 Å². The predicted octanol–water partition coefficient (Wildman–Crippen LogP) is 2.46. The predicted molar refractivity (Wildman–Crippen MR) is 68.5 cm³/mol. The number of unbranched alkanes of at least 4 members (excludes halogenated alkanes) is 4. The highest BCUT2D eigenvalue weighted by atomic mass is 16.5. The summed E-state index contributed by atoms with van der Waals surface area (Å²) in [6.07, 6.45) is 7.98. The summed E-state index contributed by atoms with van der Waals surface area (Å²) in [5.41, 5.74) is 5.41. The summed E-state index contributed by atoms with van der Waals surface area (Å²) in [6, 6.07) is 0. The van der Waals surface area contributed by atoms with E-state index in [0.717, 1.165) is 32.5 Å². The molecule has 3 N–H and O–H groups in total. The number of hydrogen-bond acceptors (Lipinski definition) is 3. The molecule has 0 aromatic heterocycles. The van der Waals surface area contributed by atoms with Gasteiger partial charge >= 0.3 is 0 Å². The number of aliphatic hydroxyl groups is 1. The normalized spacial score (nSPS) is 15.0. The summed E-state index contributed by atoms with van der Waals surface area (Å²) in [5.74, 6) is 0. The van der Waals surface area contributed by atoms with Gasteiger partial charge in [-0.3, -0.25) is 0 Å². The molecule has 0 radical (unpaired) electrons. The maximum Gasteiger partial charge on any atom is 0.0608 e. The second-order valence-corrected chi connectivity index (χ2v) is 4.94. The van der Waals surface area contributed by atoms with Crippen LogP contribution in [0.5, 0.6) is 0 Å². The van der Waals surface area contributed by atoms with E-state index in [-0.39, 0.29) is 6.61 Å². The van der Waals surface area contributed by atoms with Gasteiger partial charge < -0.3 is 15.6 Å². The van der Waals surface area contributed by atoms with E-state index < -0.39 is 5.54 Å². The van der Waals surface area contributed by atoms with E-state index in [1.165, 1.54) is 25.7 Å². The summed E-state index contributed by atoms with van der Waals surface area (Å²) < 4.78 is 5.53. The van der Waals surface area contributed by atoms with Crippen LogP contribution in [0.1, 0.15) is 58.8 Å². The van der Waals surface area contributed by atoms with Crippen LogP contribution in [0.15, 0.2) is 0 Å². The van der Waals surface area contributed by atoms with Gasteiger partial charge in [0.2, 0.25) is 0 Å². The smallest absolute Gasteiger partial charge is 0.0608 e. The molecule has 3 nitrogen and oxygen atoms in total. The third-order valence-corrected chi connectivity index (χ3v) is 2.79.